The highest BCUT2D eigenvalue weighted by Crippen LogP contribution is 2.72. The van der Waals surface area contributed by atoms with Crippen LogP contribution in [0.5, 0.6) is 0 Å². The molecule has 2 fully saturated rings. The van der Waals surface area contributed by atoms with E-state index in [9.17, 15) is 10.2 Å². The van der Waals surface area contributed by atoms with E-state index >= 15 is 0 Å². The molecular formula is C30H50O4. The molecule has 4 aliphatic carbocycles. The van der Waals surface area contributed by atoms with Gasteiger partial charge in [-0.25, -0.2) is 4.89 Å². The van der Waals surface area contributed by atoms with Crippen LogP contribution in [-0.4, -0.2) is 33.8 Å². The maximum atomic E-state index is 10.8. The highest BCUT2D eigenvalue weighted by molar-refractivity contribution is 5.39. The standard InChI is InChI=1S/C30H50O4/c1-26(2,34-33)15-8-9-20(19-31)21-12-17-30(7)23-10-11-24-27(3,4)25(32)14-16-28(24,5)22(23)13-18-29(21,30)6/h8-9,20-21,24-25,31-33H,10-19H2,1-7H3/b9-8+/t20-,21+,24-,25-,28+,29+,30-/m0/s1. The molecule has 0 spiro atoms. The summed E-state index contributed by atoms with van der Waals surface area (Å²) in [5.74, 6) is 1.15. The van der Waals surface area contributed by atoms with Gasteiger partial charge in [0.1, 0.15) is 5.60 Å². The Bertz CT molecular complexity index is 841. The molecule has 0 aromatic heterocycles. The van der Waals surface area contributed by atoms with Gasteiger partial charge in [0.25, 0.3) is 0 Å². The monoisotopic (exact) mass is 474 g/mol. The van der Waals surface area contributed by atoms with Crippen molar-refractivity contribution in [2.45, 2.75) is 118 Å². The number of hydrogen-bond donors (Lipinski definition) is 3. The molecule has 0 saturated heterocycles. The highest BCUT2D eigenvalue weighted by atomic mass is 17.1. The highest BCUT2D eigenvalue weighted by Gasteiger charge is 2.63. The molecule has 0 unspecified atom stereocenters. The van der Waals surface area contributed by atoms with Crippen molar-refractivity contribution in [2.75, 3.05) is 6.61 Å². The molecule has 0 bridgehead atoms. The minimum absolute atomic E-state index is 0.0236. The van der Waals surface area contributed by atoms with Crippen molar-refractivity contribution in [3.63, 3.8) is 0 Å². The summed E-state index contributed by atoms with van der Waals surface area (Å²) in [6.07, 6.45) is 13.8. The van der Waals surface area contributed by atoms with Gasteiger partial charge < -0.3 is 10.2 Å². The lowest BCUT2D eigenvalue weighted by molar-refractivity contribution is -0.311. The Morgan fingerprint density at radius 1 is 1.00 bits per heavy atom. The summed E-state index contributed by atoms with van der Waals surface area (Å²) in [5, 5.41) is 30.3. The predicted molar refractivity (Wildman–Crippen MR) is 137 cm³/mol. The molecule has 2 saturated carbocycles. The Balaban J connectivity index is 1.64. The second-order valence-corrected chi connectivity index (χ2v) is 14.1. The Morgan fingerprint density at radius 3 is 2.35 bits per heavy atom. The SMILES string of the molecule is CC(C)(C/C=C/[C@@H](CO)[C@H]1CC[C@@]2(C)C3=C(CC[C@]12C)[C@@]1(C)CC[C@H](O)C(C)(C)[C@@H]1CC3)OO. The molecule has 4 aliphatic rings. The molecule has 4 nitrogen and oxygen atoms in total. The second kappa shape index (κ2) is 8.71. The van der Waals surface area contributed by atoms with Crippen LogP contribution >= 0.6 is 0 Å². The fourth-order valence-corrected chi connectivity index (χ4v) is 9.29. The molecule has 0 radical (unpaired) electrons. The average molecular weight is 475 g/mol. The van der Waals surface area contributed by atoms with E-state index in [1.807, 2.05) is 13.8 Å². The minimum atomic E-state index is -0.607. The lowest BCUT2D eigenvalue weighted by atomic mass is 9.43. The van der Waals surface area contributed by atoms with Crippen LogP contribution < -0.4 is 0 Å². The van der Waals surface area contributed by atoms with Gasteiger partial charge in [0.05, 0.1) is 6.10 Å². The van der Waals surface area contributed by atoms with Crippen LogP contribution in [0.15, 0.2) is 23.3 Å². The van der Waals surface area contributed by atoms with Gasteiger partial charge in [-0.05, 0) is 105 Å². The lowest BCUT2D eigenvalue weighted by Gasteiger charge is -2.62. The summed E-state index contributed by atoms with van der Waals surface area (Å²) in [7, 11) is 0. The molecule has 4 heteroatoms. The molecule has 4 rings (SSSR count). The largest absolute Gasteiger partial charge is 0.396 e. The number of aliphatic hydroxyl groups is 2. The van der Waals surface area contributed by atoms with E-state index in [1.165, 1.54) is 32.1 Å². The van der Waals surface area contributed by atoms with Crippen LogP contribution in [-0.2, 0) is 4.89 Å². The zero-order chi connectivity index (χ0) is 25.2. The molecule has 0 aromatic carbocycles. The van der Waals surface area contributed by atoms with Gasteiger partial charge in [0, 0.05) is 12.5 Å². The predicted octanol–water partition coefficient (Wildman–Crippen LogP) is 6.92. The van der Waals surface area contributed by atoms with Crippen molar-refractivity contribution in [3.05, 3.63) is 23.3 Å². The van der Waals surface area contributed by atoms with Crippen LogP contribution in [0.2, 0.25) is 0 Å². The molecule has 0 aliphatic heterocycles. The van der Waals surface area contributed by atoms with Gasteiger partial charge >= 0.3 is 0 Å². The molecule has 3 N–H and O–H groups in total. The van der Waals surface area contributed by atoms with Crippen molar-refractivity contribution in [1.82, 2.24) is 0 Å². The number of allylic oxidation sites excluding steroid dienone is 2. The van der Waals surface area contributed by atoms with Crippen LogP contribution in [0, 0.1) is 39.4 Å². The first kappa shape index (κ1) is 26.4. The molecule has 0 heterocycles. The first-order valence-corrected chi connectivity index (χ1v) is 13.8. The average Bonchev–Trinajstić information content (AvgIpc) is 3.06. The van der Waals surface area contributed by atoms with Gasteiger partial charge in [0.15, 0.2) is 0 Å². The quantitative estimate of drug-likeness (QED) is 0.222. The Hall–Kier alpha value is -0.680. The van der Waals surface area contributed by atoms with E-state index in [2.05, 4.69) is 51.7 Å². The topological polar surface area (TPSA) is 69.9 Å². The van der Waals surface area contributed by atoms with E-state index in [4.69, 9.17) is 5.26 Å². The van der Waals surface area contributed by atoms with Gasteiger partial charge in [-0.1, -0.05) is 57.9 Å². The Labute approximate surface area is 207 Å². The fraction of sp³-hybridized carbons (Fsp3) is 0.867. The van der Waals surface area contributed by atoms with Crippen molar-refractivity contribution in [1.29, 1.82) is 0 Å². The van der Waals surface area contributed by atoms with E-state index in [0.717, 1.165) is 19.3 Å². The summed E-state index contributed by atoms with van der Waals surface area (Å²) < 4.78 is 0. The maximum Gasteiger partial charge on any atom is 0.101 e. The smallest absolute Gasteiger partial charge is 0.101 e. The first-order chi connectivity index (χ1) is 15.8. The molecule has 0 amide bonds. The first-order valence-electron chi connectivity index (χ1n) is 13.8. The van der Waals surface area contributed by atoms with Crippen LogP contribution in [0.4, 0.5) is 0 Å². The summed E-state index contributed by atoms with van der Waals surface area (Å²) in [4.78, 5) is 4.60. The van der Waals surface area contributed by atoms with Crippen molar-refractivity contribution in [2.24, 2.45) is 39.4 Å². The lowest BCUT2D eigenvalue weighted by Crippen LogP contribution is -2.55. The van der Waals surface area contributed by atoms with Crippen molar-refractivity contribution < 1.29 is 20.4 Å². The fourth-order valence-electron chi connectivity index (χ4n) is 9.29. The molecule has 0 aromatic rings. The van der Waals surface area contributed by atoms with E-state index < -0.39 is 5.60 Å². The third-order valence-electron chi connectivity index (χ3n) is 11.8. The van der Waals surface area contributed by atoms with Gasteiger partial charge in [-0.3, -0.25) is 5.26 Å². The minimum Gasteiger partial charge on any atom is -0.396 e. The van der Waals surface area contributed by atoms with Crippen LogP contribution in [0.25, 0.3) is 0 Å². The van der Waals surface area contributed by atoms with Gasteiger partial charge in [-0.15, -0.1) is 0 Å². The number of aliphatic hydroxyl groups excluding tert-OH is 2. The molecule has 34 heavy (non-hydrogen) atoms. The zero-order valence-corrected chi connectivity index (χ0v) is 22.8. The van der Waals surface area contributed by atoms with Gasteiger partial charge in [-0.2, -0.15) is 0 Å². The van der Waals surface area contributed by atoms with E-state index in [-0.39, 0.29) is 40.3 Å². The number of rotatable bonds is 6. The molecule has 194 valence electrons. The second-order valence-electron chi connectivity index (χ2n) is 14.1. The summed E-state index contributed by atoms with van der Waals surface area (Å²) >= 11 is 0. The Morgan fingerprint density at radius 2 is 1.71 bits per heavy atom. The van der Waals surface area contributed by atoms with Crippen molar-refractivity contribution >= 4 is 0 Å². The summed E-state index contributed by atoms with van der Waals surface area (Å²) in [6, 6.07) is 0. The normalized spacial score (nSPS) is 42.9. The van der Waals surface area contributed by atoms with Crippen LogP contribution in [0.3, 0.4) is 0 Å². The number of hydrogen-bond acceptors (Lipinski definition) is 4. The Kier molecular flexibility index (Phi) is 6.76. The van der Waals surface area contributed by atoms with Crippen molar-refractivity contribution in [3.8, 4) is 0 Å². The third kappa shape index (κ3) is 3.78. The number of fused-ring (bicyclic) bond motifs is 4. The molecular weight excluding hydrogens is 424 g/mol. The maximum absolute atomic E-state index is 10.8. The van der Waals surface area contributed by atoms with Gasteiger partial charge in [0.2, 0.25) is 0 Å². The van der Waals surface area contributed by atoms with E-state index in [1.54, 1.807) is 11.1 Å². The molecule has 7 atom stereocenters. The third-order valence-corrected chi connectivity index (χ3v) is 11.8. The summed E-state index contributed by atoms with van der Waals surface area (Å²) in [6.45, 7) is 16.1. The summed E-state index contributed by atoms with van der Waals surface area (Å²) in [5.41, 5.74) is 3.43. The van der Waals surface area contributed by atoms with E-state index in [0.29, 0.717) is 18.3 Å². The van der Waals surface area contributed by atoms with Crippen LogP contribution in [0.1, 0.15) is 106 Å². The zero-order valence-electron chi connectivity index (χ0n) is 22.8.